The van der Waals surface area contributed by atoms with Crippen molar-refractivity contribution in [2.45, 2.75) is 31.9 Å². The summed E-state index contributed by atoms with van der Waals surface area (Å²) in [6, 6.07) is 4.71. The zero-order valence-electron chi connectivity index (χ0n) is 19.6. The molecule has 0 fully saturated rings. The molecule has 180 valence electrons. The number of sulfonamides is 1. The molecule has 0 amide bonds. The van der Waals surface area contributed by atoms with Gasteiger partial charge in [-0.2, -0.15) is 0 Å². The van der Waals surface area contributed by atoms with E-state index in [0.29, 0.717) is 17.1 Å². The second-order valence-electron chi connectivity index (χ2n) is 7.98. The fraction of sp³-hybridized carbons (Fsp3) is 0.250. The average Bonchev–Trinajstić information content (AvgIpc) is 3.26. The van der Waals surface area contributed by atoms with Gasteiger partial charge in [0, 0.05) is 18.3 Å². The highest BCUT2D eigenvalue weighted by Gasteiger charge is 2.32. The second-order valence-corrected chi connectivity index (χ2v) is 10.0. The van der Waals surface area contributed by atoms with Gasteiger partial charge in [-0.05, 0) is 43.7 Å². The first-order valence-corrected chi connectivity index (χ1v) is 12.3. The van der Waals surface area contributed by atoms with E-state index in [9.17, 15) is 13.5 Å². The number of hydrogen-bond donors (Lipinski definition) is 2. The van der Waals surface area contributed by atoms with Crippen LogP contribution in [0.15, 0.2) is 60.3 Å². The van der Waals surface area contributed by atoms with Crippen molar-refractivity contribution >= 4 is 21.5 Å². The van der Waals surface area contributed by atoms with Crippen molar-refractivity contribution in [1.29, 1.82) is 0 Å². The first-order valence-electron chi connectivity index (χ1n) is 10.7. The van der Waals surface area contributed by atoms with Crippen molar-refractivity contribution in [1.82, 2.24) is 24.7 Å². The van der Waals surface area contributed by atoms with Crippen LogP contribution < -0.4 is 9.46 Å². The molecule has 0 radical (unpaired) electrons. The van der Waals surface area contributed by atoms with Gasteiger partial charge in [0.15, 0.2) is 5.82 Å². The maximum absolute atomic E-state index is 13.4. The first kappa shape index (κ1) is 24.0. The largest absolute Gasteiger partial charge is 0.506 e. The number of para-hydroxylation sites is 1. The number of aromatic nitrogens is 5. The lowest BCUT2D eigenvalue weighted by molar-refractivity contribution is 0.404. The molecule has 0 aliphatic heterocycles. The summed E-state index contributed by atoms with van der Waals surface area (Å²) in [5.41, 5.74) is 7.31. The highest BCUT2D eigenvalue weighted by atomic mass is 32.2. The summed E-state index contributed by atoms with van der Waals surface area (Å²) in [4.78, 5) is 8.54. The molecule has 0 spiro atoms. The molecular weight excluding hydrogens is 468 g/mol. The van der Waals surface area contributed by atoms with Crippen molar-refractivity contribution in [2.75, 3.05) is 11.8 Å². The summed E-state index contributed by atoms with van der Waals surface area (Å²) in [7, 11) is -2.55. The van der Waals surface area contributed by atoms with Crippen LogP contribution in [0.25, 0.3) is 11.3 Å². The van der Waals surface area contributed by atoms with Crippen molar-refractivity contribution in [3.8, 4) is 17.2 Å². The topological polar surface area (TPSA) is 132 Å². The first-order chi connectivity index (χ1) is 16.7. The Labute approximate surface area is 203 Å². The predicted octanol–water partition coefficient (Wildman–Crippen LogP) is 3.28. The Kier molecular flexibility index (Phi) is 6.57. The molecule has 10 nitrogen and oxygen atoms in total. The summed E-state index contributed by atoms with van der Waals surface area (Å²) in [6.45, 7) is 5.17. The van der Waals surface area contributed by atoms with Gasteiger partial charge in [-0.1, -0.05) is 30.5 Å². The highest BCUT2D eigenvalue weighted by molar-refractivity contribution is 7.93. The van der Waals surface area contributed by atoms with Gasteiger partial charge < -0.3 is 9.84 Å². The van der Waals surface area contributed by atoms with Crippen LogP contribution in [0.1, 0.15) is 37.0 Å². The van der Waals surface area contributed by atoms with E-state index in [4.69, 9.17) is 4.74 Å². The predicted molar refractivity (Wildman–Crippen MR) is 131 cm³/mol. The second kappa shape index (κ2) is 9.60. The number of rotatable bonds is 8. The number of nitrogens with one attached hydrogen (secondary N) is 1. The van der Waals surface area contributed by atoms with Crippen LogP contribution in [0.4, 0.5) is 5.95 Å². The minimum atomic E-state index is -4.00. The Balaban J connectivity index is 1.80. The molecule has 3 aromatic rings. The molecule has 35 heavy (non-hydrogen) atoms. The molecule has 2 N–H and O–H groups in total. The average molecular weight is 493 g/mol. The van der Waals surface area contributed by atoms with Gasteiger partial charge in [-0.15, -0.1) is 10.2 Å². The summed E-state index contributed by atoms with van der Waals surface area (Å²) in [6.07, 6.45) is 8.42. The lowest BCUT2D eigenvalue weighted by Crippen LogP contribution is -2.31. The lowest BCUT2D eigenvalue weighted by Gasteiger charge is -2.21. The highest BCUT2D eigenvalue weighted by Crippen LogP contribution is 2.36. The Bertz CT molecular complexity index is 1500. The Hall–Kier alpha value is -4.17. The third-order valence-corrected chi connectivity index (χ3v) is 7.46. The van der Waals surface area contributed by atoms with Gasteiger partial charge in [-0.25, -0.2) is 18.4 Å². The summed E-state index contributed by atoms with van der Waals surface area (Å²) in [5, 5.41) is 18.0. The number of aryl methyl sites for hydroxylation is 1. The number of methoxy groups -OCH3 is 1. The van der Waals surface area contributed by atoms with E-state index in [1.165, 1.54) is 17.7 Å². The number of benzene rings is 1. The Morgan fingerprint density at radius 3 is 2.57 bits per heavy atom. The minimum Gasteiger partial charge on any atom is -0.506 e. The van der Waals surface area contributed by atoms with Crippen LogP contribution in [0.5, 0.6) is 11.5 Å². The number of nitrogens with zero attached hydrogens (tertiary/aromatic N) is 5. The van der Waals surface area contributed by atoms with Crippen molar-refractivity contribution in [3.05, 3.63) is 77.5 Å². The maximum atomic E-state index is 13.4. The normalized spacial score (nSPS) is 14.5. The van der Waals surface area contributed by atoms with Crippen molar-refractivity contribution in [2.24, 2.45) is 0 Å². The van der Waals surface area contributed by atoms with E-state index in [-0.39, 0.29) is 23.2 Å². The molecule has 0 unspecified atom stereocenters. The smallest absolute Gasteiger partial charge is 0.243 e. The van der Waals surface area contributed by atoms with E-state index >= 15 is 0 Å². The monoisotopic (exact) mass is 492 g/mol. The molecule has 4 rings (SSSR count). The van der Waals surface area contributed by atoms with E-state index in [1.807, 2.05) is 6.92 Å². The molecule has 2 heterocycles. The molecular formula is C24H24N6O4S. The molecule has 0 saturated heterocycles. The third-order valence-electron chi connectivity index (χ3n) is 5.61. The van der Waals surface area contributed by atoms with E-state index < -0.39 is 21.2 Å². The number of aromatic hydroxyl groups is 1. The quantitative estimate of drug-likeness (QED) is 0.458. The van der Waals surface area contributed by atoms with Crippen LogP contribution >= 0.6 is 0 Å². The molecule has 0 saturated carbocycles. The SMILES string of the molecule is COc1cccc(O)c1-n1c(NS(=O)(=O)[C@@H](C)[C@H](C)c2ncc(C)cn2)nnc1C1=C=C=CC=C1. The van der Waals surface area contributed by atoms with Gasteiger partial charge >= 0.3 is 0 Å². The zero-order chi connectivity index (χ0) is 25.2. The number of anilines is 1. The van der Waals surface area contributed by atoms with E-state index in [1.54, 1.807) is 56.6 Å². The molecule has 1 aliphatic rings. The van der Waals surface area contributed by atoms with Gasteiger partial charge in [0.2, 0.25) is 16.0 Å². The fourth-order valence-corrected chi connectivity index (χ4v) is 4.69. The third kappa shape index (κ3) is 4.74. The van der Waals surface area contributed by atoms with Crippen LogP contribution in [0, 0.1) is 6.92 Å². The Morgan fingerprint density at radius 2 is 1.91 bits per heavy atom. The zero-order valence-corrected chi connectivity index (χ0v) is 20.4. The van der Waals surface area contributed by atoms with Crippen LogP contribution in [0.2, 0.25) is 0 Å². The van der Waals surface area contributed by atoms with Crippen molar-refractivity contribution in [3.63, 3.8) is 0 Å². The molecule has 0 bridgehead atoms. The standard InChI is InChI=1S/C24H24N6O4S/c1-15-13-25-22(26-14-15)16(2)17(3)35(32,33)29-24-28-27-23(18-9-6-5-7-10-18)30(24)21-19(31)11-8-12-20(21)34-4/h5-6,8-9,11-14,16-17,31H,1-4H3,(H,28,29)/t16-,17-/m0/s1. The molecule has 2 atom stereocenters. The maximum Gasteiger partial charge on any atom is 0.243 e. The van der Waals surface area contributed by atoms with Gasteiger partial charge in [0.05, 0.1) is 17.9 Å². The van der Waals surface area contributed by atoms with Gasteiger partial charge in [-0.3, -0.25) is 9.29 Å². The van der Waals surface area contributed by atoms with E-state index in [0.717, 1.165) is 5.56 Å². The number of phenolic OH excluding ortho intramolecular Hbond substituents is 1. The summed E-state index contributed by atoms with van der Waals surface area (Å²) < 4.78 is 36.1. The lowest BCUT2D eigenvalue weighted by atomic mass is 10.1. The molecule has 11 heteroatoms. The summed E-state index contributed by atoms with van der Waals surface area (Å²) in [5.74, 6) is 0.150. The van der Waals surface area contributed by atoms with Crippen molar-refractivity contribution < 1.29 is 18.3 Å². The van der Waals surface area contributed by atoms with Crippen LogP contribution in [0.3, 0.4) is 0 Å². The molecule has 2 aromatic heterocycles. The number of ether oxygens (including phenoxy) is 1. The number of hydrogen-bond acceptors (Lipinski definition) is 8. The van der Waals surface area contributed by atoms with Crippen LogP contribution in [-0.2, 0) is 10.0 Å². The van der Waals surface area contributed by atoms with Gasteiger partial charge in [0.25, 0.3) is 0 Å². The summed E-state index contributed by atoms with van der Waals surface area (Å²) >= 11 is 0. The fourth-order valence-electron chi connectivity index (χ4n) is 3.46. The number of phenols is 1. The number of allylic oxidation sites excluding steroid dienone is 4. The molecule has 1 aliphatic carbocycles. The van der Waals surface area contributed by atoms with E-state index in [2.05, 4.69) is 36.3 Å². The molecule has 1 aromatic carbocycles. The van der Waals surface area contributed by atoms with Gasteiger partial charge in [0.1, 0.15) is 23.0 Å². The van der Waals surface area contributed by atoms with Crippen LogP contribution in [-0.4, -0.2) is 50.6 Å². The minimum absolute atomic E-state index is 0.124. The Morgan fingerprint density at radius 1 is 1.17 bits per heavy atom.